The Hall–Kier alpha value is -1.02. The molecule has 3 atom stereocenters. The number of nitrogens with one attached hydrogen (secondary N) is 1. The Morgan fingerprint density at radius 2 is 0.818 bits per heavy atom. The minimum Gasteiger partial charge on any atom is -0.387 e. The molecule has 0 saturated heterocycles. The number of amides is 1. The zero-order valence-corrected chi connectivity index (χ0v) is 45.6. The molecule has 0 heterocycles. The van der Waals surface area contributed by atoms with Crippen LogP contribution in [0, 0.1) is 0 Å². The van der Waals surface area contributed by atoms with E-state index in [1.807, 2.05) is 27.2 Å². The van der Waals surface area contributed by atoms with E-state index in [1.54, 1.807) is 6.08 Å². The van der Waals surface area contributed by atoms with Crippen LogP contribution in [-0.4, -0.2) is 73.4 Å². The minimum atomic E-state index is -4.34. The van der Waals surface area contributed by atoms with Gasteiger partial charge in [0.15, 0.2) is 0 Å². The van der Waals surface area contributed by atoms with E-state index in [2.05, 4.69) is 31.3 Å². The molecule has 0 aromatic heterocycles. The Bertz CT molecular complexity index is 1130. The molecule has 0 aliphatic carbocycles. The Kier molecular flexibility index (Phi) is 48.2. The molecule has 66 heavy (non-hydrogen) atoms. The number of allylic oxidation sites excluding steroid dienone is 3. The fraction of sp³-hybridized carbons (Fsp3) is 0.912. The Labute approximate surface area is 411 Å². The number of hydrogen-bond donors (Lipinski definition) is 3. The first-order valence-electron chi connectivity index (χ1n) is 28.7. The van der Waals surface area contributed by atoms with Gasteiger partial charge in [-0.25, -0.2) is 4.57 Å². The number of phosphoric ester groups is 1. The van der Waals surface area contributed by atoms with E-state index in [1.165, 1.54) is 225 Å². The lowest BCUT2D eigenvalue weighted by Crippen LogP contribution is -2.45. The number of aliphatic hydroxyl groups excluding tert-OH is 1. The van der Waals surface area contributed by atoms with Crippen LogP contribution < -0.4 is 5.32 Å². The maximum atomic E-state index is 13.0. The van der Waals surface area contributed by atoms with E-state index in [4.69, 9.17) is 9.05 Å². The molecule has 0 aliphatic rings. The number of carbonyl (C=O) groups is 1. The molecule has 0 bridgehead atoms. The molecule has 0 saturated carbocycles. The summed E-state index contributed by atoms with van der Waals surface area (Å²) >= 11 is 0. The number of unbranched alkanes of at least 4 members (excludes halogenated alkanes) is 38. The van der Waals surface area contributed by atoms with Gasteiger partial charge >= 0.3 is 7.82 Å². The zero-order valence-electron chi connectivity index (χ0n) is 44.7. The predicted octanol–water partition coefficient (Wildman–Crippen LogP) is 17.2. The van der Waals surface area contributed by atoms with E-state index >= 15 is 0 Å². The first-order valence-corrected chi connectivity index (χ1v) is 30.2. The van der Waals surface area contributed by atoms with Crippen molar-refractivity contribution in [3.8, 4) is 0 Å². The van der Waals surface area contributed by atoms with Crippen molar-refractivity contribution < 1.29 is 32.9 Å². The Morgan fingerprint density at radius 3 is 1.17 bits per heavy atom. The van der Waals surface area contributed by atoms with Crippen LogP contribution in [0.15, 0.2) is 24.3 Å². The van der Waals surface area contributed by atoms with Crippen molar-refractivity contribution in [1.29, 1.82) is 0 Å². The lowest BCUT2D eigenvalue weighted by Gasteiger charge is -2.25. The number of nitrogens with zero attached hydrogens (tertiary/aromatic N) is 1. The van der Waals surface area contributed by atoms with Gasteiger partial charge in [0, 0.05) is 6.42 Å². The van der Waals surface area contributed by atoms with Crippen LogP contribution in [0.2, 0.25) is 0 Å². The molecule has 9 heteroatoms. The SMILES string of the molecule is CCCCCCCCCC/C=C\CCCCCCCCCCCCCCCCCCCC(=O)NC(COP(=O)(O)OCC[N+](C)(C)C)C(O)/C=C/CCCCCCCCCCCCCCC. The molecule has 0 rings (SSSR count). The number of aliphatic hydroxyl groups is 1. The standard InChI is InChI=1S/C57H113N2O6P/c1-6-8-10-12-14-16-18-20-22-23-24-25-26-27-28-29-30-31-32-33-34-35-37-39-41-43-45-47-49-51-57(61)58-55(54-65-66(62,63)64-53-52-59(3,4)5)56(60)50-48-46-44-42-40-38-36-21-19-17-15-13-11-9-7-2/h23-24,48,50,55-56,60H,6-22,25-47,49,51-54H2,1-5H3,(H-,58,61,62,63)/p+1/b24-23-,50-48+. The summed E-state index contributed by atoms with van der Waals surface area (Å²) in [6, 6.07) is -0.843. The fourth-order valence-electron chi connectivity index (χ4n) is 8.63. The van der Waals surface area contributed by atoms with Crippen molar-refractivity contribution >= 4 is 13.7 Å². The van der Waals surface area contributed by atoms with E-state index in [9.17, 15) is 19.4 Å². The quantitative estimate of drug-likeness (QED) is 0.0243. The predicted molar refractivity (Wildman–Crippen MR) is 286 cm³/mol. The van der Waals surface area contributed by atoms with Crippen molar-refractivity contribution in [2.24, 2.45) is 0 Å². The maximum absolute atomic E-state index is 13.0. The van der Waals surface area contributed by atoms with E-state index in [0.29, 0.717) is 17.4 Å². The summed E-state index contributed by atoms with van der Waals surface area (Å²) in [6.45, 7) is 4.85. The van der Waals surface area contributed by atoms with Gasteiger partial charge in [-0.05, 0) is 44.9 Å². The van der Waals surface area contributed by atoms with Gasteiger partial charge in [-0.2, -0.15) is 0 Å². The molecular formula is C57H114N2O6P+. The summed E-state index contributed by atoms with van der Waals surface area (Å²) < 4.78 is 23.7. The van der Waals surface area contributed by atoms with Crippen LogP contribution in [0.5, 0.6) is 0 Å². The zero-order chi connectivity index (χ0) is 48.5. The van der Waals surface area contributed by atoms with Gasteiger partial charge in [0.05, 0.1) is 39.9 Å². The number of carbonyl (C=O) groups excluding carboxylic acids is 1. The van der Waals surface area contributed by atoms with Crippen molar-refractivity contribution in [3.63, 3.8) is 0 Å². The van der Waals surface area contributed by atoms with Crippen molar-refractivity contribution in [1.82, 2.24) is 5.32 Å². The van der Waals surface area contributed by atoms with Crippen molar-refractivity contribution in [3.05, 3.63) is 24.3 Å². The topological polar surface area (TPSA) is 105 Å². The second kappa shape index (κ2) is 49.0. The summed E-state index contributed by atoms with van der Waals surface area (Å²) in [5, 5.41) is 13.9. The molecule has 0 radical (unpaired) electrons. The first-order chi connectivity index (χ1) is 32.0. The number of hydrogen-bond acceptors (Lipinski definition) is 5. The smallest absolute Gasteiger partial charge is 0.387 e. The van der Waals surface area contributed by atoms with Crippen LogP contribution >= 0.6 is 7.82 Å². The van der Waals surface area contributed by atoms with Gasteiger partial charge in [-0.1, -0.05) is 256 Å². The summed E-state index contributed by atoms with van der Waals surface area (Å²) in [5.41, 5.74) is 0. The fourth-order valence-corrected chi connectivity index (χ4v) is 9.36. The van der Waals surface area contributed by atoms with Crippen LogP contribution in [0.25, 0.3) is 0 Å². The lowest BCUT2D eigenvalue weighted by molar-refractivity contribution is -0.870. The number of quaternary nitrogens is 1. The van der Waals surface area contributed by atoms with Crippen LogP contribution in [0.1, 0.15) is 284 Å². The molecule has 8 nitrogen and oxygen atoms in total. The summed E-state index contributed by atoms with van der Waals surface area (Å²) in [4.78, 5) is 23.3. The third kappa shape index (κ3) is 50.8. The second-order valence-corrected chi connectivity index (χ2v) is 22.5. The number of rotatable bonds is 53. The lowest BCUT2D eigenvalue weighted by atomic mass is 10.0. The molecule has 0 fully saturated rings. The molecule has 392 valence electrons. The maximum Gasteiger partial charge on any atom is 0.472 e. The molecule has 3 unspecified atom stereocenters. The minimum absolute atomic E-state index is 0.0638. The highest BCUT2D eigenvalue weighted by Crippen LogP contribution is 2.43. The van der Waals surface area contributed by atoms with Gasteiger partial charge in [0.2, 0.25) is 5.91 Å². The average molecular weight is 955 g/mol. The first kappa shape index (κ1) is 65.0. The third-order valence-electron chi connectivity index (χ3n) is 13.2. The number of likely N-dealkylation sites (N-methyl/N-ethyl adjacent to an activating group) is 1. The Morgan fingerprint density at radius 1 is 0.500 bits per heavy atom. The molecule has 1 amide bonds. The summed E-state index contributed by atoms with van der Waals surface area (Å²) in [5.74, 6) is -0.172. The third-order valence-corrected chi connectivity index (χ3v) is 14.1. The second-order valence-electron chi connectivity index (χ2n) is 21.0. The highest BCUT2D eigenvalue weighted by Gasteiger charge is 2.27. The molecular weight excluding hydrogens is 840 g/mol. The van der Waals surface area contributed by atoms with E-state index in [-0.39, 0.29) is 19.1 Å². The van der Waals surface area contributed by atoms with E-state index < -0.39 is 20.0 Å². The van der Waals surface area contributed by atoms with Crippen LogP contribution in [0.4, 0.5) is 0 Å². The highest BCUT2D eigenvalue weighted by molar-refractivity contribution is 7.47. The largest absolute Gasteiger partial charge is 0.472 e. The van der Waals surface area contributed by atoms with Gasteiger partial charge in [0.25, 0.3) is 0 Å². The van der Waals surface area contributed by atoms with Gasteiger partial charge in [0.1, 0.15) is 13.2 Å². The Balaban J connectivity index is 4.08. The molecule has 0 aromatic rings. The van der Waals surface area contributed by atoms with Crippen molar-refractivity contribution in [2.75, 3.05) is 40.9 Å². The molecule has 0 spiro atoms. The monoisotopic (exact) mass is 954 g/mol. The van der Waals surface area contributed by atoms with Crippen molar-refractivity contribution in [2.45, 2.75) is 296 Å². The average Bonchev–Trinajstić information content (AvgIpc) is 3.28. The molecule has 0 aliphatic heterocycles. The normalized spacial score (nSPS) is 14.1. The highest BCUT2D eigenvalue weighted by atomic mass is 31.2. The summed E-state index contributed by atoms with van der Waals surface area (Å²) in [7, 11) is 1.58. The van der Waals surface area contributed by atoms with Crippen LogP contribution in [-0.2, 0) is 18.4 Å². The van der Waals surface area contributed by atoms with Gasteiger partial charge in [-0.3, -0.25) is 13.8 Å². The molecule has 3 N–H and O–H groups in total. The number of phosphoric acid groups is 1. The van der Waals surface area contributed by atoms with Gasteiger partial charge < -0.3 is 19.8 Å². The van der Waals surface area contributed by atoms with Gasteiger partial charge in [-0.15, -0.1) is 0 Å². The van der Waals surface area contributed by atoms with Crippen LogP contribution in [0.3, 0.4) is 0 Å². The summed E-state index contributed by atoms with van der Waals surface area (Å²) in [6.07, 6.45) is 61.4. The molecule has 0 aromatic carbocycles. The van der Waals surface area contributed by atoms with E-state index in [0.717, 1.165) is 38.5 Å².